The molecule has 1 unspecified atom stereocenters. The van der Waals surface area contributed by atoms with E-state index in [0.29, 0.717) is 12.3 Å². The number of hydrogen-bond donors (Lipinski definition) is 1. The molecule has 0 amide bonds. The molecular formula is C13H16N2O3. The Morgan fingerprint density at radius 1 is 1.61 bits per heavy atom. The first-order valence-electron chi connectivity index (χ1n) is 5.73. The van der Waals surface area contributed by atoms with Crippen molar-refractivity contribution in [3.8, 4) is 18.1 Å². The smallest absolute Gasteiger partial charge is 0.333 e. The summed E-state index contributed by atoms with van der Waals surface area (Å²) in [6.45, 7) is 4.13. The van der Waals surface area contributed by atoms with Crippen LogP contribution < -0.4 is 10.1 Å². The van der Waals surface area contributed by atoms with Crippen LogP contribution >= 0.6 is 0 Å². The lowest BCUT2D eigenvalue weighted by Gasteiger charge is -2.12. The first-order valence-corrected chi connectivity index (χ1v) is 5.73. The third kappa shape index (κ3) is 3.39. The Labute approximate surface area is 106 Å². The number of nitro benzene ring substituents is 1. The molecule has 18 heavy (non-hydrogen) atoms. The van der Waals surface area contributed by atoms with E-state index in [0.717, 1.165) is 6.42 Å². The fraction of sp³-hybridized carbons (Fsp3) is 0.385. The van der Waals surface area contributed by atoms with Crippen molar-refractivity contribution in [2.24, 2.45) is 0 Å². The monoisotopic (exact) mass is 248 g/mol. The summed E-state index contributed by atoms with van der Waals surface area (Å²) in [7, 11) is 0. The highest BCUT2D eigenvalue weighted by Crippen LogP contribution is 2.35. The number of para-hydroxylation sites is 1. The number of anilines is 1. The van der Waals surface area contributed by atoms with Crippen molar-refractivity contribution < 1.29 is 9.66 Å². The molecule has 0 saturated carbocycles. The number of nitrogens with one attached hydrogen (secondary N) is 1. The summed E-state index contributed by atoms with van der Waals surface area (Å²) in [5, 5.41) is 14.0. The predicted molar refractivity (Wildman–Crippen MR) is 70.8 cm³/mol. The highest BCUT2D eigenvalue weighted by Gasteiger charge is 2.21. The molecule has 0 aromatic heterocycles. The predicted octanol–water partition coefficient (Wildman–Crippen LogP) is 2.82. The summed E-state index contributed by atoms with van der Waals surface area (Å²) in [5.41, 5.74) is 0.298. The largest absolute Gasteiger partial charge is 0.487 e. The van der Waals surface area contributed by atoms with Gasteiger partial charge >= 0.3 is 5.69 Å². The van der Waals surface area contributed by atoms with Crippen LogP contribution in [0.3, 0.4) is 0 Å². The maximum atomic E-state index is 11.1. The third-order valence-electron chi connectivity index (χ3n) is 2.27. The first-order chi connectivity index (χ1) is 8.60. The zero-order valence-corrected chi connectivity index (χ0v) is 10.5. The quantitative estimate of drug-likeness (QED) is 0.477. The fourth-order valence-electron chi connectivity index (χ4n) is 1.43. The molecule has 0 aliphatic rings. The molecule has 1 rings (SSSR count). The molecule has 0 aliphatic heterocycles. The van der Waals surface area contributed by atoms with Gasteiger partial charge in [0.1, 0.15) is 5.69 Å². The van der Waals surface area contributed by atoms with Crippen molar-refractivity contribution in [2.75, 3.05) is 11.9 Å². The second kappa shape index (κ2) is 6.50. The molecule has 96 valence electrons. The average Bonchev–Trinajstić information content (AvgIpc) is 2.35. The summed E-state index contributed by atoms with van der Waals surface area (Å²) in [6.07, 6.45) is 6.04. The molecule has 5 heteroatoms. The minimum atomic E-state index is -0.462. The van der Waals surface area contributed by atoms with Gasteiger partial charge in [-0.15, -0.1) is 6.42 Å². The van der Waals surface area contributed by atoms with E-state index in [1.807, 2.05) is 6.92 Å². The van der Waals surface area contributed by atoms with Crippen LogP contribution in [0.25, 0.3) is 0 Å². The second-order valence-electron chi connectivity index (χ2n) is 3.79. The Hall–Kier alpha value is -2.22. The molecule has 1 aromatic carbocycles. The fourth-order valence-corrected chi connectivity index (χ4v) is 1.43. The molecular weight excluding hydrogens is 232 g/mol. The van der Waals surface area contributed by atoms with E-state index in [1.165, 1.54) is 0 Å². The molecule has 0 aliphatic carbocycles. The molecule has 1 aromatic rings. The van der Waals surface area contributed by atoms with Crippen LogP contribution in [-0.4, -0.2) is 17.6 Å². The van der Waals surface area contributed by atoms with Gasteiger partial charge in [-0.05, 0) is 25.5 Å². The van der Waals surface area contributed by atoms with Crippen LogP contribution in [0, 0.1) is 22.5 Å². The summed E-state index contributed by atoms with van der Waals surface area (Å²) in [6, 6.07) is 4.61. The van der Waals surface area contributed by atoms with Crippen molar-refractivity contribution in [1.82, 2.24) is 0 Å². The summed E-state index contributed by atoms with van der Waals surface area (Å²) in [5.74, 6) is 2.73. The Morgan fingerprint density at radius 2 is 2.33 bits per heavy atom. The molecule has 0 spiro atoms. The van der Waals surface area contributed by atoms with Crippen molar-refractivity contribution in [1.29, 1.82) is 0 Å². The second-order valence-corrected chi connectivity index (χ2v) is 3.79. The molecule has 0 heterocycles. The van der Waals surface area contributed by atoms with E-state index in [4.69, 9.17) is 11.2 Å². The summed E-state index contributed by atoms with van der Waals surface area (Å²) < 4.78 is 5.37. The van der Waals surface area contributed by atoms with Gasteiger partial charge in [-0.25, -0.2) is 0 Å². The van der Waals surface area contributed by atoms with Gasteiger partial charge in [0.15, 0.2) is 5.75 Å². The van der Waals surface area contributed by atoms with Gasteiger partial charge in [0.05, 0.1) is 17.6 Å². The van der Waals surface area contributed by atoms with Crippen molar-refractivity contribution in [3.63, 3.8) is 0 Å². The van der Waals surface area contributed by atoms with Crippen LogP contribution in [0.1, 0.15) is 20.3 Å². The lowest BCUT2D eigenvalue weighted by Crippen LogP contribution is -2.13. The van der Waals surface area contributed by atoms with Crippen LogP contribution in [0.4, 0.5) is 11.4 Å². The van der Waals surface area contributed by atoms with Crippen LogP contribution in [-0.2, 0) is 0 Å². The molecule has 5 nitrogen and oxygen atoms in total. The molecule has 0 saturated heterocycles. The van der Waals surface area contributed by atoms with Gasteiger partial charge in [0.25, 0.3) is 0 Å². The van der Waals surface area contributed by atoms with Gasteiger partial charge in [0, 0.05) is 0 Å². The topological polar surface area (TPSA) is 64.4 Å². The molecule has 1 atom stereocenters. The van der Waals surface area contributed by atoms with Crippen LogP contribution in [0.15, 0.2) is 18.2 Å². The van der Waals surface area contributed by atoms with Gasteiger partial charge in [-0.1, -0.05) is 18.9 Å². The van der Waals surface area contributed by atoms with Gasteiger partial charge in [0.2, 0.25) is 0 Å². The van der Waals surface area contributed by atoms with Gasteiger partial charge < -0.3 is 10.1 Å². The standard InChI is InChI=1S/C13H16N2O3/c1-4-9-18-12-8-6-7-11(13(12)15(16)17)14-10(3)5-2/h2,6-8,10,14H,4,9H2,1,3H3. The maximum Gasteiger partial charge on any atom is 0.333 e. The number of ether oxygens (including phenoxy) is 1. The average molecular weight is 248 g/mol. The minimum absolute atomic E-state index is 0.0759. The van der Waals surface area contributed by atoms with Gasteiger partial charge in [-0.3, -0.25) is 10.1 Å². The van der Waals surface area contributed by atoms with Crippen molar-refractivity contribution >= 4 is 11.4 Å². The van der Waals surface area contributed by atoms with Crippen LogP contribution in [0.5, 0.6) is 5.75 Å². The lowest BCUT2D eigenvalue weighted by molar-refractivity contribution is -0.385. The van der Waals surface area contributed by atoms with E-state index in [9.17, 15) is 10.1 Å². The minimum Gasteiger partial charge on any atom is -0.487 e. The molecule has 0 fully saturated rings. The Balaban J connectivity index is 3.10. The Bertz CT molecular complexity index is 466. The number of nitrogens with zero attached hydrogens (tertiary/aromatic N) is 1. The summed E-state index contributed by atoms with van der Waals surface area (Å²) in [4.78, 5) is 10.6. The van der Waals surface area contributed by atoms with E-state index >= 15 is 0 Å². The van der Waals surface area contributed by atoms with Gasteiger partial charge in [-0.2, -0.15) is 0 Å². The normalized spacial score (nSPS) is 11.4. The first kappa shape index (κ1) is 13.8. The maximum absolute atomic E-state index is 11.1. The van der Waals surface area contributed by atoms with E-state index in [2.05, 4.69) is 11.2 Å². The Morgan fingerprint density at radius 3 is 2.89 bits per heavy atom. The lowest BCUT2D eigenvalue weighted by atomic mass is 10.2. The van der Waals surface area contributed by atoms with E-state index < -0.39 is 4.92 Å². The van der Waals surface area contributed by atoms with E-state index in [1.54, 1.807) is 25.1 Å². The van der Waals surface area contributed by atoms with E-state index in [-0.39, 0.29) is 17.5 Å². The number of nitro groups is 1. The zero-order chi connectivity index (χ0) is 13.5. The zero-order valence-electron chi connectivity index (χ0n) is 10.5. The molecule has 1 N–H and O–H groups in total. The van der Waals surface area contributed by atoms with Crippen molar-refractivity contribution in [2.45, 2.75) is 26.3 Å². The SMILES string of the molecule is C#CC(C)Nc1cccc(OCCC)c1[N+](=O)[O-]. The number of hydrogen-bond acceptors (Lipinski definition) is 4. The summed E-state index contributed by atoms with van der Waals surface area (Å²) >= 11 is 0. The Kier molecular flexibility index (Phi) is 5.00. The highest BCUT2D eigenvalue weighted by molar-refractivity contribution is 5.69. The number of terminal acetylenes is 1. The number of benzene rings is 1. The number of rotatable bonds is 6. The highest BCUT2D eigenvalue weighted by atomic mass is 16.6. The molecule has 0 radical (unpaired) electrons. The molecule has 0 bridgehead atoms. The van der Waals surface area contributed by atoms with Crippen molar-refractivity contribution in [3.05, 3.63) is 28.3 Å². The van der Waals surface area contributed by atoms with Crippen LogP contribution in [0.2, 0.25) is 0 Å². The third-order valence-corrected chi connectivity index (χ3v) is 2.27.